The van der Waals surface area contributed by atoms with E-state index in [2.05, 4.69) is 0 Å². The van der Waals surface area contributed by atoms with Crippen LogP contribution in [-0.4, -0.2) is 50.7 Å². The molecule has 1 rings (SSSR count). The molecule has 7 heteroatoms. The van der Waals surface area contributed by atoms with Gasteiger partial charge in [-0.2, -0.15) is 4.31 Å². The number of ether oxygens (including phenoxy) is 1. The SMILES string of the molecule is CCOCCN(CC)S(=O)(=O)c1ccc(CCO)s1. The smallest absolute Gasteiger partial charge is 0.252 e. The number of aliphatic hydroxyl groups is 1. The Morgan fingerprint density at radius 2 is 2.11 bits per heavy atom. The molecule has 0 saturated heterocycles. The molecule has 0 fully saturated rings. The van der Waals surface area contributed by atoms with E-state index in [1.54, 1.807) is 12.1 Å². The molecule has 0 aliphatic rings. The Morgan fingerprint density at radius 1 is 1.37 bits per heavy atom. The standard InChI is InChI=1S/C12H21NO4S2/c1-3-13(8-10-17-4-2)19(15,16)12-6-5-11(18-12)7-9-14/h5-6,14H,3-4,7-10H2,1-2H3. The fraction of sp³-hybridized carbons (Fsp3) is 0.667. The lowest BCUT2D eigenvalue weighted by Crippen LogP contribution is -2.33. The Kier molecular flexibility index (Phi) is 6.95. The highest BCUT2D eigenvalue weighted by atomic mass is 32.2. The molecule has 0 spiro atoms. The average molecular weight is 307 g/mol. The first-order valence-corrected chi connectivity index (χ1v) is 8.59. The van der Waals surface area contributed by atoms with E-state index in [0.717, 1.165) is 4.88 Å². The second kappa shape index (κ2) is 7.96. The second-order valence-corrected chi connectivity index (χ2v) is 7.22. The van der Waals surface area contributed by atoms with E-state index >= 15 is 0 Å². The van der Waals surface area contributed by atoms with Crippen molar-refractivity contribution in [1.82, 2.24) is 4.31 Å². The quantitative estimate of drug-likeness (QED) is 0.699. The molecule has 19 heavy (non-hydrogen) atoms. The molecule has 0 aromatic carbocycles. The molecular formula is C12H21NO4S2. The van der Waals surface area contributed by atoms with Gasteiger partial charge in [0.25, 0.3) is 10.0 Å². The molecule has 0 atom stereocenters. The number of sulfonamides is 1. The molecular weight excluding hydrogens is 286 g/mol. The van der Waals surface area contributed by atoms with Gasteiger partial charge >= 0.3 is 0 Å². The zero-order valence-electron chi connectivity index (χ0n) is 11.3. The third-order valence-electron chi connectivity index (χ3n) is 2.63. The number of hydrogen-bond donors (Lipinski definition) is 1. The number of hydrogen-bond acceptors (Lipinski definition) is 5. The Labute approximate surface area is 118 Å². The number of likely N-dealkylation sites (N-methyl/N-ethyl adjacent to an activating group) is 1. The molecule has 0 saturated carbocycles. The molecule has 1 aromatic heterocycles. The molecule has 1 N–H and O–H groups in total. The van der Waals surface area contributed by atoms with Crippen LogP contribution in [0.5, 0.6) is 0 Å². The van der Waals surface area contributed by atoms with Crippen LogP contribution in [-0.2, 0) is 21.2 Å². The van der Waals surface area contributed by atoms with Crippen molar-refractivity contribution in [3.8, 4) is 0 Å². The fourth-order valence-corrected chi connectivity index (χ4v) is 4.56. The molecule has 0 aliphatic heterocycles. The maximum atomic E-state index is 12.4. The summed E-state index contributed by atoms with van der Waals surface area (Å²) in [5.41, 5.74) is 0. The van der Waals surface area contributed by atoms with Crippen LogP contribution in [0.1, 0.15) is 18.7 Å². The fourth-order valence-electron chi connectivity index (χ4n) is 1.63. The summed E-state index contributed by atoms with van der Waals surface area (Å²) < 4.78 is 31.7. The van der Waals surface area contributed by atoms with Crippen molar-refractivity contribution in [3.63, 3.8) is 0 Å². The summed E-state index contributed by atoms with van der Waals surface area (Å²) in [6.07, 6.45) is 0.491. The Bertz CT molecular complexity index is 470. The molecule has 0 amide bonds. The van der Waals surface area contributed by atoms with E-state index in [9.17, 15) is 8.42 Å². The van der Waals surface area contributed by atoms with E-state index in [1.165, 1.54) is 15.6 Å². The molecule has 1 aromatic rings. The first-order chi connectivity index (χ1) is 9.06. The maximum absolute atomic E-state index is 12.4. The van der Waals surface area contributed by atoms with Gasteiger partial charge < -0.3 is 9.84 Å². The first-order valence-electron chi connectivity index (χ1n) is 6.33. The number of aliphatic hydroxyl groups excluding tert-OH is 1. The minimum absolute atomic E-state index is 0.0296. The minimum atomic E-state index is -3.44. The van der Waals surface area contributed by atoms with E-state index in [-0.39, 0.29) is 6.61 Å². The van der Waals surface area contributed by atoms with Crippen molar-refractivity contribution < 1.29 is 18.3 Å². The summed E-state index contributed by atoms with van der Waals surface area (Å²) in [6.45, 7) is 5.48. The van der Waals surface area contributed by atoms with E-state index in [0.29, 0.717) is 36.9 Å². The lowest BCUT2D eigenvalue weighted by molar-refractivity contribution is 0.135. The maximum Gasteiger partial charge on any atom is 0.252 e. The van der Waals surface area contributed by atoms with E-state index < -0.39 is 10.0 Å². The highest BCUT2D eigenvalue weighted by molar-refractivity contribution is 7.91. The molecule has 1 heterocycles. The summed E-state index contributed by atoms with van der Waals surface area (Å²) in [6, 6.07) is 3.36. The van der Waals surface area contributed by atoms with Crippen molar-refractivity contribution >= 4 is 21.4 Å². The number of thiophene rings is 1. The van der Waals surface area contributed by atoms with E-state index in [4.69, 9.17) is 9.84 Å². The Hall–Kier alpha value is -0.470. The van der Waals surface area contributed by atoms with Crippen LogP contribution in [0.4, 0.5) is 0 Å². The van der Waals surface area contributed by atoms with E-state index in [1.807, 2.05) is 13.8 Å². The van der Waals surface area contributed by atoms with Gasteiger partial charge in [-0.1, -0.05) is 6.92 Å². The first kappa shape index (κ1) is 16.6. The Balaban J connectivity index is 2.80. The van der Waals surface area contributed by atoms with Crippen molar-refractivity contribution in [2.45, 2.75) is 24.5 Å². The molecule has 5 nitrogen and oxygen atoms in total. The second-order valence-electron chi connectivity index (χ2n) is 3.89. The summed E-state index contributed by atoms with van der Waals surface area (Å²) in [4.78, 5) is 0.877. The predicted octanol–water partition coefficient (Wildman–Crippen LogP) is 1.33. The largest absolute Gasteiger partial charge is 0.396 e. The summed E-state index contributed by atoms with van der Waals surface area (Å²) in [5.74, 6) is 0. The van der Waals surface area contributed by atoms with Gasteiger partial charge in [-0.05, 0) is 19.1 Å². The third kappa shape index (κ3) is 4.54. The van der Waals surface area contributed by atoms with Gasteiger partial charge in [-0.15, -0.1) is 11.3 Å². The van der Waals surface area contributed by atoms with Gasteiger partial charge in [0.1, 0.15) is 4.21 Å². The predicted molar refractivity (Wildman–Crippen MR) is 76.0 cm³/mol. The van der Waals surface area contributed by atoms with Crippen molar-refractivity contribution in [3.05, 3.63) is 17.0 Å². The van der Waals surface area contributed by atoms with Crippen LogP contribution in [0.3, 0.4) is 0 Å². The van der Waals surface area contributed by atoms with Crippen molar-refractivity contribution in [2.75, 3.05) is 32.9 Å². The molecule has 0 aliphatic carbocycles. The molecule has 0 radical (unpaired) electrons. The molecule has 0 unspecified atom stereocenters. The van der Waals surface area contributed by atoms with Crippen LogP contribution in [0, 0.1) is 0 Å². The summed E-state index contributed by atoms with van der Waals surface area (Å²) in [7, 11) is -3.44. The average Bonchev–Trinajstić information content (AvgIpc) is 2.84. The van der Waals surface area contributed by atoms with Gasteiger partial charge in [0.2, 0.25) is 0 Å². The van der Waals surface area contributed by atoms with Crippen LogP contribution < -0.4 is 0 Å². The lowest BCUT2D eigenvalue weighted by Gasteiger charge is -2.19. The van der Waals surface area contributed by atoms with Crippen molar-refractivity contribution in [2.24, 2.45) is 0 Å². The third-order valence-corrected chi connectivity index (χ3v) is 6.22. The molecule has 110 valence electrons. The number of rotatable bonds is 9. The van der Waals surface area contributed by atoms with Gasteiger partial charge in [0.05, 0.1) is 6.61 Å². The zero-order chi connectivity index (χ0) is 14.3. The van der Waals surface area contributed by atoms with Crippen LogP contribution >= 0.6 is 11.3 Å². The highest BCUT2D eigenvalue weighted by Gasteiger charge is 2.24. The normalized spacial score (nSPS) is 12.2. The minimum Gasteiger partial charge on any atom is -0.396 e. The van der Waals surface area contributed by atoms with Gasteiger partial charge in [-0.3, -0.25) is 0 Å². The highest BCUT2D eigenvalue weighted by Crippen LogP contribution is 2.25. The van der Waals surface area contributed by atoms with Gasteiger partial charge in [0.15, 0.2) is 0 Å². The zero-order valence-corrected chi connectivity index (χ0v) is 13.0. The Morgan fingerprint density at radius 3 is 2.68 bits per heavy atom. The van der Waals surface area contributed by atoms with Crippen LogP contribution in [0.2, 0.25) is 0 Å². The summed E-state index contributed by atoms with van der Waals surface area (Å²) in [5, 5.41) is 8.86. The monoisotopic (exact) mass is 307 g/mol. The topological polar surface area (TPSA) is 66.8 Å². The lowest BCUT2D eigenvalue weighted by atomic mass is 10.4. The molecule has 0 bridgehead atoms. The summed E-state index contributed by atoms with van der Waals surface area (Å²) >= 11 is 1.22. The van der Waals surface area contributed by atoms with Gasteiger partial charge in [0, 0.05) is 37.6 Å². The van der Waals surface area contributed by atoms with Crippen LogP contribution in [0.15, 0.2) is 16.3 Å². The number of nitrogens with zero attached hydrogens (tertiary/aromatic N) is 1. The van der Waals surface area contributed by atoms with Crippen LogP contribution in [0.25, 0.3) is 0 Å². The van der Waals surface area contributed by atoms with Gasteiger partial charge in [-0.25, -0.2) is 8.42 Å². The van der Waals surface area contributed by atoms with Crippen molar-refractivity contribution in [1.29, 1.82) is 0 Å².